The summed E-state index contributed by atoms with van der Waals surface area (Å²) in [6.07, 6.45) is 1.39. The highest BCUT2D eigenvalue weighted by Gasteiger charge is 2.50. The molecule has 0 aliphatic rings. The van der Waals surface area contributed by atoms with Gasteiger partial charge in [0.1, 0.15) is 11.5 Å². The first-order chi connectivity index (χ1) is 25.6. The van der Waals surface area contributed by atoms with Gasteiger partial charge in [-0.1, -0.05) is 90.9 Å². The molecule has 4 rings (SSSR count). The molecule has 0 aliphatic heterocycles. The second kappa shape index (κ2) is 17.6. The molecule has 4 aromatic rings. The maximum atomic E-state index is 14.4. The first-order valence-electron chi connectivity index (χ1n) is 18.2. The number of nitrogens with one attached hydrogen (secondary N) is 2. The van der Waals surface area contributed by atoms with Crippen LogP contribution in [0.1, 0.15) is 99.6 Å². The zero-order chi connectivity index (χ0) is 39.7. The number of ketones is 1. The predicted octanol–water partition coefficient (Wildman–Crippen LogP) is 8.89. The van der Waals surface area contributed by atoms with Gasteiger partial charge in [-0.15, -0.1) is 0 Å². The fourth-order valence-electron chi connectivity index (χ4n) is 5.70. The lowest BCUT2D eigenvalue weighted by atomic mass is 9.76. The largest absolute Gasteiger partial charge is 0.480 e. The van der Waals surface area contributed by atoms with Crippen molar-refractivity contribution in [1.29, 1.82) is 0 Å². The summed E-state index contributed by atoms with van der Waals surface area (Å²) in [5.41, 5.74) is 2.99. The molecule has 4 aromatic carbocycles. The molecule has 0 spiro atoms. The Morgan fingerprint density at radius 1 is 0.685 bits per heavy atom. The summed E-state index contributed by atoms with van der Waals surface area (Å²) in [4.78, 5) is 54.1. The second-order valence-corrected chi connectivity index (χ2v) is 14.4. The molecule has 2 amide bonds. The fraction of sp³-hybridized carbons (Fsp3) is 0.364. The van der Waals surface area contributed by atoms with Crippen molar-refractivity contribution in [1.82, 2.24) is 0 Å². The summed E-state index contributed by atoms with van der Waals surface area (Å²) >= 11 is 0. The summed E-state index contributed by atoms with van der Waals surface area (Å²) in [6, 6.07) is 26.7. The summed E-state index contributed by atoms with van der Waals surface area (Å²) in [5.74, 6) is -4.49. The van der Waals surface area contributed by atoms with Gasteiger partial charge in [0.05, 0.1) is 12.7 Å². The Hall–Kier alpha value is -5.48. The van der Waals surface area contributed by atoms with Crippen LogP contribution in [-0.4, -0.2) is 49.7 Å². The molecule has 0 radical (unpaired) electrons. The Morgan fingerprint density at radius 2 is 1.33 bits per heavy atom. The third kappa shape index (κ3) is 9.35. The Balaban J connectivity index is 1.64. The molecule has 2 N–H and O–H groups in total. The molecule has 286 valence electrons. The molecular weight excluding hydrogens is 684 g/mol. The van der Waals surface area contributed by atoms with E-state index in [1.807, 2.05) is 13.0 Å². The molecule has 0 bridgehead atoms. The van der Waals surface area contributed by atoms with Crippen molar-refractivity contribution in [3.05, 3.63) is 119 Å². The van der Waals surface area contributed by atoms with Crippen molar-refractivity contribution in [2.45, 2.75) is 90.4 Å². The summed E-state index contributed by atoms with van der Waals surface area (Å²) in [7, 11) is 2.45. The molecule has 0 saturated heterocycles. The topological polar surface area (TPSA) is 129 Å². The van der Waals surface area contributed by atoms with Gasteiger partial charge >= 0.3 is 17.7 Å². The molecular formula is C44H52N2O8. The third-order valence-electron chi connectivity index (χ3n) is 10.0. The Bertz CT molecular complexity index is 1940. The highest BCUT2D eigenvalue weighted by Crippen LogP contribution is 2.39. The van der Waals surface area contributed by atoms with E-state index >= 15 is 0 Å². The van der Waals surface area contributed by atoms with Gasteiger partial charge in [-0.3, -0.25) is 14.4 Å². The van der Waals surface area contributed by atoms with Gasteiger partial charge in [-0.2, -0.15) is 0 Å². The van der Waals surface area contributed by atoms with Crippen LogP contribution in [0.15, 0.2) is 97.1 Å². The van der Waals surface area contributed by atoms with Crippen LogP contribution < -0.4 is 20.1 Å². The predicted molar refractivity (Wildman–Crippen MR) is 210 cm³/mol. The van der Waals surface area contributed by atoms with Crippen LogP contribution in [-0.2, 0) is 29.9 Å². The first kappa shape index (κ1) is 41.3. The van der Waals surface area contributed by atoms with Crippen molar-refractivity contribution in [3.63, 3.8) is 0 Å². The van der Waals surface area contributed by atoms with Crippen LogP contribution in [0.5, 0.6) is 11.5 Å². The zero-order valence-electron chi connectivity index (χ0n) is 32.7. The molecule has 0 heterocycles. The van der Waals surface area contributed by atoms with Crippen LogP contribution in [0.25, 0.3) is 0 Å². The number of carbonyl (C=O) groups excluding carboxylic acids is 4. The van der Waals surface area contributed by atoms with Crippen LogP contribution in [0.4, 0.5) is 11.4 Å². The van der Waals surface area contributed by atoms with Crippen LogP contribution >= 0.6 is 0 Å². The number of rotatable bonds is 17. The van der Waals surface area contributed by atoms with Crippen LogP contribution in [0.2, 0.25) is 0 Å². The molecule has 0 aliphatic carbocycles. The highest BCUT2D eigenvalue weighted by molar-refractivity contribution is 6.19. The molecule has 0 fully saturated rings. The second-order valence-electron chi connectivity index (χ2n) is 14.4. The molecule has 0 saturated carbocycles. The third-order valence-corrected chi connectivity index (χ3v) is 10.0. The molecule has 10 heteroatoms. The van der Waals surface area contributed by atoms with E-state index in [0.29, 0.717) is 23.5 Å². The van der Waals surface area contributed by atoms with E-state index in [2.05, 4.69) is 64.3 Å². The van der Waals surface area contributed by atoms with Gasteiger partial charge in [0.15, 0.2) is 6.10 Å². The number of ether oxygens (including phenoxy) is 4. The number of hydrogen-bond donors (Lipinski definition) is 2. The van der Waals surface area contributed by atoms with Gasteiger partial charge in [-0.25, -0.2) is 4.79 Å². The van der Waals surface area contributed by atoms with Crippen molar-refractivity contribution in [2.75, 3.05) is 24.9 Å². The van der Waals surface area contributed by atoms with E-state index in [1.165, 1.54) is 56.2 Å². The van der Waals surface area contributed by atoms with Crippen molar-refractivity contribution in [3.8, 4) is 11.5 Å². The monoisotopic (exact) mass is 736 g/mol. The maximum absolute atomic E-state index is 14.4. The Kier molecular flexibility index (Phi) is 13.4. The van der Waals surface area contributed by atoms with Crippen molar-refractivity contribution < 1.29 is 38.1 Å². The Morgan fingerprint density at radius 3 is 1.93 bits per heavy atom. The van der Waals surface area contributed by atoms with Crippen LogP contribution in [0.3, 0.4) is 0 Å². The van der Waals surface area contributed by atoms with Crippen LogP contribution in [0, 0.1) is 0 Å². The number of amides is 2. The molecule has 54 heavy (non-hydrogen) atoms. The lowest BCUT2D eigenvalue weighted by Crippen LogP contribution is -2.56. The quantitative estimate of drug-likeness (QED) is 0.0476. The van der Waals surface area contributed by atoms with E-state index in [-0.39, 0.29) is 27.7 Å². The molecule has 2 atom stereocenters. The van der Waals surface area contributed by atoms with Crippen molar-refractivity contribution >= 4 is 34.9 Å². The fourth-order valence-corrected chi connectivity index (χ4v) is 5.70. The minimum atomic E-state index is -2.51. The number of carbonyl (C=O) groups is 4. The van der Waals surface area contributed by atoms with E-state index in [0.717, 1.165) is 18.4 Å². The van der Waals surface area contributed by atoms with Gasteiger partial charge in [0.25, 0.3) is 5.91 Å². The lowest BCUT2D eigenvalue weighted by Gasteiger charge is -2.31. The number of para-hydroxylation sites is 1. The van der Waals surface area contributed by atoms with Gasteiger partial charge < -0.3 is 29.6 Å². The average molecular weight is 737 g/mol. The zero-order valence-corrected chi connectivity index (χ0v) is 32.7. The van der Waals surface area contributed by atoms with Gasteiger partial charge in [-0.05, 0) is 90.3 Å². The summed E-state index contributed by atoms with van der Waals surface area (Å²) in [5, 5.41) is 5.59. The number of methoxy groups -OCH3 is 2. The summed E-state index contributed by atoms with van der Waals surface area (Å²) < 4.78 is 22.9. The maximum Gasteiger partial charge on any atom is 0.357 e. The standard InChI is InChI=1S/C44H52N2O8/c1-10-36(53-37-26-23-31(42(4,5)11-2)28-35(37)43(6,7)12-3)39(48)45-33-20-16-17-30(27-33)38(47)44(52-9,41(50)46-32-18-14-13-15-19-32)54-34-24-21-29(22-25-34)40(49)51-8/h13-28,36H,10-12H2,1-9H3,(H,45,48)(H,46,50). The number of anilines is 2. The smallest absolute Gasteiger partial charge is 0.357 e. The molecule has 2 unspecified atom stereocenters. The first-order valence-corrected chi connectivity index (χ1v) is 18.2. The number of esters is 1. The highest BCUT2D eigenvalue weighted by atomic mass is 16.7. The molecule has 10 nitrogen and oxygen atoms in total. The van der Waals surface area contributed by atoms with Crippen molar-refractivity contribution in [2.24, 2.45) is 0 Å². The normalized spacial score (nSPS) is 13.2. The van der Waals surface area contributed by atoms with Gasteiger partial charge in [0.2, 0.25) is 5.78 Å². The van der Waals surface area contributed by atoms with Gasteiger partial charge in [0, 0.05) is 29.6 Å². The Labute approximate surface area is 318 Å². The van der Waals surface area contributed by atoms with E-state index in [9.17, 15) is 19.2 Å². The average Bonchev–Trinajstić information content (AvgIpc) is 3.18. The lowest BCUT2D eigenvalue weighted by molar-refractivity contribution is -0.162. The number of benzene rings is 4. The molecule has 0 aromatic heterocycles. The minimum absolute atomic E-state index is 0.0239. The minimum Gasteiger partial charge on any atom is -0.480 e. The number of Topliss-reactive ketones (excluding diaryl/α,β-unsaturated/α-hetero) is 1. The SMILES string of the molecule is CCC(Oc1ccc(C(C)(C)CC)cc1C(C)(C)CC)C(=O)Nc1cccc(C(=O)C(OC)(Oc2ccc(C(=O)OC)cc2)C(=O)Nc2ccccc2)c1. The number of hydrogen-bond acceptors (Lipinski definition) is 8. The van der Waals surface area contributed by atoms with E-state index < -0.39 is 35.5 Å². The summed E-state index contributed by atoms with van der Waals surface area (Å²) in [6.45, 7) is 14.9. The van der Waals surface area contributed by atoms with E-state index in [1.54, 1.807) is 42.5 Å². The van der Waals surface area contributed by atoms with E-state index in [4.69, 9.17) is 18.9 Å².